The van der Waals surface area contributed by atoms with Gasteiger partial charge in [-0.1, -0.05) is 31.3 Å². The number of benzene rings is 2. The van der Waals surface area contributed by atoms with Crippen LogP contribution in [0.1, 0.15) is 35.3 Å². The van der Waals surface area contributed by atoms with Crippen LogP contribution < -0.4 is 14.4 Å². The molecule has 0 spiro atoms. The van der Waals surface area contributed by atoms with Crippen LogP contribution in [0.15, 0.2) is 30.3 Å². The smallest absolute Gasteiger partial charge is 0.260 e. The zero-order chi connectivity index (χ0) is 22.0. The lowest BCUT2D eigenvalue weighted by atomic mass is 10.1. The van der Waals surface area contributed by atoms with Crippen LogP contribution in [-0.4, -0.2) is 55.2 Å². The highest BCUT2D eigenvalue weighted by atomic mass is 35.5. The van der Waals surface area contributed by atoms with Crippen LogP contribution in [0.3, 0.4) is 0 Å². The Hall–Kier alpha value is -2.35. The van der Waals surface area contributed by atoms with Crippen LogP contribution in [0.4, 0.5) is 5.13 Å². The van der Waals surface area contributed by atoms with Crippen molar-refractivity contribution in [1.29, 1.82) is 0 Å². The third kappa shape index (κ3) is 4.85. The van der Waals surface area contributed by atoms with Gasteiger partial charge in [-0.25, -0.2) is 4.98 Å². The molecule has 0 N–H and O–H groups in total. The molecule has 1 aliphatic heterocycles. The van der Waals surface area contributed by atoms with Gasteiger partial charge in [0.15, 0.2) is 16.6 Å². The number of halogens is 1. The number of carbonyl (C=O) groups is 1. The molecule has 1 amide bonds. The second kappa shape index (κ2) is 10.5. The average Bonchev–Trinajstić information content (AvgIpc) is 3.23. The molecule has 0 aliphatic carbocycles. The minimum absolute atomic E-state index is 0. The first-order chi connectivity index (χ1) is 15.0. The van der Waals surface area contributed by atoms with E-state index >= 15 is 0 Å². The molecule has 172 valence electrons. The van der Waals surface area contributed by atoms with Crippen LogP contribution in [-0.2, 0) is 0 Å². The lowest BCUT2D eigenvalue weighted by Crippen LogP contribution is -2.39. The molecule has 0 bridgehead atoms. The summed E-state index contributed by atoms with van der Waals surface area (Å²) in [5, 5.41) is 0.732. The maximum absolute atomic E-state index is 13.6. The molecular weight excluding hydrogens is 446 g/mol. The van der Waals surface area contributed by atoms with Gasteiger partial charge in [0, 0.05) is 18.7 Å². The van der Waals surface area contributed by atoms with E-state index in [1.165, 1.54) is 5.56 Å². The Balaban J connectivity index is 0.00000289. The fourth-order valence-corrected chi connectivity index (χ4v) is 4.78. The number of hydrogen-bond acceptors (Lipinski definition) is 6. The zero-order valence-corrected chi connectivity index (χ0v) is 20.6. The number of fused-ring (bicyclic) bond motifs is 2. The summed E-state index contributed by atoms with van der Waals surface area (Å²) in [7, 11) is 0. The number of carbonyl (C=O) groups excluding carboxylic acids is 1. The first-order valence-electron chi connectivity index (χ1n) is 10.8. The van der Waals surface area contributed by atoms with Gasteiger partial charge in [-0.3, -0.25) is 9.69 Å². The number of ether oxygens (including phenoxy) is 2. The van der Waals surface area contributed by atoms with Crippen molar-refractivity contribution in [3.63, 3.8) is 0 Å². The Morgan fingerprint density at radius 3 is 2.47 bits per heavy atom. The van der Waals surface area contributed by atoms with E-state index in [1.807, 2.05) is 17.0 Å². The van der Waals surface area contributed by atoms with Gasteiger partial charge < -0.3 is 14.4 Å². The highest BCUT2D eigenvalue weighted by Crippen LogP contribution is 2.34. The quantitative estimate of drug-likeness (QED) is 0.476. The zero-order valence-electron chi connectivity index (χ0n) is 19.0. The van der Waals surface area contributed by atoms with Gasteiger partial charge in [-0.2, -0.15) is 0 Å². The molecule has 0 radical (unpaired) electrons. The van der Waals surface area contributed by atoms with Crippen LogP contribution >= 0.6 is 23.7 Å². The van der Waals surface area contributed by atoms with Crippen molar-refractivity contribution in [3.8, 4) is 11.5 Å². The summed E-state index contributed by atoms with van der Waals surface area (Å²) in [6, 6.07) is 9.61. The Morgan fingerprint density at radius 2 is 1.75 bits per heavy atom. The summed E-state index contributed by atoms with van der Waals surface area (Å²) in [5.74, 6) is 1.23. The van der Waals surface area contributed by atoms with E-state index in [-0.39, 0.29) is 18.3 Å². The lowest BCUT2D eigenvalue weighted by molar-refractivity contribution is 0.0982. The highest BCUT2D eigenvalue weighted by molar-refractivity contribution is 7.22. The Kier molecular flexibility index (Phi) is 7.98. The molecule has 1 aliphatic rings. The number of nitrogens with zero attached hydrogens (tertiary/aromatic N) is 3. The normalized spacial score (nSPS) is 12.7. The minimum Gasteiger partial charge on any atom is -0.486 e. The second-order valence-corrected chi connectivity index (χ2v) is 8.70. The number of hydrogen-bond donors (Lipinski definition) is 0. The summed E-state index contributed by atoms with van der Waals surface area (Å²) in [6.07, 6.45) is 0. The lowest BCUT2D eigenvalue weighted by Gasteiger charge is -2.25. The number of rotatable bonds is 7. The van der Waals surface area contributed by atoms with E-state index in [4.69, 9.17) is 14.5 Å². The Bertz CT molecular complexity index is 1100. The van der Waals surface area contributed by atoms with Crippen molar-refractivity contribution in [3.05, 3.63) is 47.0 Å². The number of anilines is 1. The molecule has 32 heavy (non-hydrogen) atoms. The Labute approximate surface area is 199 Å². The van der Waals surface area contributed by atoms with Crippen LogP contribution in [0, 0.1) is 13.8 Å². The fourth-order valence-electron chi connectivity index (χ4n) is 3.73. The maximum Gasteiger partial charge on any atom is 0.260 e. The molecule has 1 aromatic heterocycles. The predicted molar refractivity (Wildman–Crippen MR) is 133 cm³/mol. The van der Waals surface area contributed by atoms with E-state index < -0.39 is 0 Å². The molecular formula is C24H30ClN3O3S. The van der Waals surface area contributed by atoms with Crippen molar-refractivity contribution in [2.75, 3.05) is 44.3 Å². The van der Waals surface area contributed by atoms with Gasteiger partial charge in [-0.05, 0) is 62.3 Å². The third-order valence-corrected chi connectivity index (χ3v) is 6.92. The van der Waals surface area contributed by atoms with E-state index in [9.17, 15) is 4.79 Å². The van der Waals surface area contributed by atoms with Crippen molar-refractivity contribution in [2.45, 2.75) is 27.7 Å². The molecule has 6 nitrogen and oxygen atoms in total. The van der Waals surface area contributed by atoms with E-state index in [1.54, 1.807) is 17.4 Å². The number of amides is 1. The largest absolute Gasteiger partial charge is 0.486 e. The summed E-state index contributed by atoms with van der Waals surface area (Å²) in [5.41, 5.74) is 3.92. The topological polar surface area (TPSA) is 54.9 Å². The van der Waals surface area contributed by atoms with Crippen LogP contribution in [0.25, 0.3) is 10.2 Å². The highest BCUT2D eigenvalue weighted by Gasteiger charge is 2.24. The first kappa shape index (κ1) is 24.3. The molecule has 4 rings (SSSR count). The summed E-state index contributed by atoms with van der Waals surface area (Å²) in [4.78, 5) is 22.6. The molecule has 8 heteroatoms. The van der Waals surface area contributed by atoms with Gasteiger partial charge >= 0.3 is 0 Å². The predicted octanol–water partition coefficient (Wildman–Crippen LogP) is 5.09. The molecule has 0 atom stereocenters. The summed E-state index contributed by atoms with van der Waals surface area (Å²) >= 11 is 1.57. The van der Waals surface area contributed by atoms with Crippen LogP contribution in [0.2, 0.25) is 0 Å². The van der Waals surface area contributed by atoms with E-state index in [0.717, 1.165) is 40.5 Å². The minimum atomic E-state index is -0.0717. The summed E-state index contributed by atoms with van der Waals surface area (Å²) < 4.78 is 12.4. The SMILES string of the molecule is CCN(CC)CCN(C(=O)c1ccc2c(c1)OCCO2)c1nc2c(C)c(C)ccc2s1.Cl. The van der Waals surface area contributed by atoms with Crippen LogP contribution in [0.5, 0.6) is 11.5 Å². The van der Waals surface area contributed by atoms with Crippen molar-refractivity contribution in [2.24, 2.45) is 0 Å². The molecule has 0 unspecified atom stereocenters. The van der Waals surface area contributed by atoms with Crippen molar-refractivity contribution < 1.29 is 14.3 Å². The molecule has 0 saturated heterocycles. The molecule has 2 heterocycles. The first-order valence-corrected chi connectivity index (χ1v) is 11.6. The standard InChI is InChI=1S/C24H29N3O3S.ClH/c1-5-26(6-2)11-12-27(24-25-22-17(4)16(3)7-10-21(22)31-24)23(28)18-8-9-19-20(15-18)30-14-13-29-19;/h7-10,15H,5-6,11-14H2,1-4H3;1H. The van der Waals surface area contributed by atoms with Gasteiger partial charge in [-0.15, -0.1) is 12.4 Å². The average molecular weight is 476 g/mol. The van der Waals surface area contributed by atoms with Gasteiger partial charge in [0.1, 0.15) is 13.2 Å². The van der Waals surface area contributed by atoms with Crippen molar-refractivity contribution in [1.82, 2.24) is 9.88 Å². The van der Waals surface area contributed by atoms with E-state index in [2.05, 4.69) is 44.7 Å². The van der Waals surface area contributed by atoms with Crippen molar-refractivity contribution >= 4 is 45.0 Å². The molecule has 0 fully saturated rings. The third-order valence-electron chi connectivity index (χ3n) is 5.87. The number of aryl methyl sites for hydroxylation is 2. The molecule has 0 saturated carbocycles. The van der Waals surface area contributed by atoms with Gasteiger partial charge in [0.25, 0.3) is 5.91 Å². The second-order valence-electron chi connectivity index (χ2n) is 7.69. The number of thiazole rings is 1. The monoisotopic (exact) mass is 475 g/mol. The molecule has 2 aromatic carbocycles. The van der Waals surface area contributed by atoms with Gasteiger partial charge in [0.2, 0.25) is 0 Å². The van der Waals surface area contributed by atoms with E-state index in [0.29, 0.717) is 36.8 Å². The number of likely N-dealkylation sites (N-methyl/N-ethyl adjacent to an activating group) is 1. The summed E-state index contributed by atoms with van der Waals surface area (Å²) in [6.45, 7) is 12.7. The number of aromatic nitrogens is 1. The maximum atomic E-state index is 13.6. The fraction of sp³-hybridized carbons (Fsp3) is 0.417. The molecule has 3 aromatic rings. The van der Waals surface area contributed by atoms with Gasteiger partial charge in [0.05, 0.1) is 10.2 Å². The Morgan fingerprint density at radius 1 is 1.03 bits per heavy atom.